The fourth-order valence-electron chi connectivity index (χ4n) is 4.16. The molecule has 180 valence electrons. The lowest BCUT2D eigenvalue weighted by Crippen LogP contribution is -2.46. The Kier molecular flexibility index (Phi) is 8.51. The molecule has 0 spiro atoms. The number of carbonyl (C=O) groups is 1. The molecule has 0 fully saturated rings. The van der Waals surface area contributed by atoms with Gasteiger partial charge in [0, 0.05) is 30.6 Å². The van der Waals surface area contributed by atoms with Crippen molar-refractivity contribution >= 4 is 17.4 Å². The van der Waals surface area contributed by atoms with E-state index in [1.807, 2.05) is 57.8 Å². The first kappa shape index (κ1) is 25.1. The van der Waals surface area contributed by atoms with E-state index >= 15 is 0 Å². The molecular weight excluding hydrogens is 428 g/mol. The highest BCUT2D eigenvalue weighted by molar-refractivity contribution is 5.97. The lowest BCUT2D eigenvalue weighted by Gasteiger charge is -2.32. The molecule has 1 aliphatic carbocycles. The third-order valence-electron chi connectivity index (χ3n) is 5.67. The lowest BCUT2D eigenvalue weighted by atomic mass is 10.0. The van der Waals surface area contributed by atoms with Crippen molar-refractivity contribution in [2.75, 3.05) is 24.4 Å². The number of ether oxygens (including phenoxy) is 1. The molecule has 0 saturated carbocycles. The zero-order valence-corrected chi connectivity index (χ0v) is 20.9. The molecule has 1 atom stereocenters. The Bertz CT molecular complexity index is 1090. The van der Waals surface area contributed by atoms with E-state index in [0.717, 1.165) is 42.0 Å². The van der Waals surface area contributed by atoms with Crippen molar-refractivity contribution in [1.82, 2.24) is 19.9 Å². The molecule has 0 radical (unpaired) electrons. The molecule has 1 amide bonds. The highest BCUT2D eigenvalue weighted by Gasteiger charge is 2.31. The SMILES string of the molecule is CC.COc1ccc(NC(=O)C(C(C)C)N(C)c2nc(-c3ccccn3)nc3c2CCC3)cn1. The number of aromatic nitrogens is 4. The number of aryl methyl sites for hydroxylation is 1. The van der Waals surface area contributed by atoms with Gasteiger partial charge in [0.1, 0.15) is 17.6 Å². The minimum absolute atomic E-state index is 0.0523. The van der Waals surface area contributed by atoms with Crippen LogP contribution in [-0.4, -0.2) is 46.0 Å². The quantitative estimate of drug-likeness (QED) is 0.550. The van der Waals surface area contributed by atoms with E-state index < -0.39 is 6.04 Å². The number of rotatable bonds is 7. The second-order valence-corrected chi connectivity index (χ2v) is 8.24. The first-order valence-electron chi connectivity index (χ1n) is 11.8. The largest absolute Gasteiger partial charge is 0.481 e. The number of nitrogens with zero attached hydrogens (tertiary/aromatic N) is 5. The van der Waals surface area contributed by atoms with E-state index in [1.54, 1.807) is 31.6 Å². The number of nitrogens with one attached hydrogen (secondary N) is 1. The molecule has 0 bridgehead atoms. The Balaban J connectivity index is 0.00000158. The van der Waals surface area contributed by atoms with E-state index in [-0.39, 0.29) is 11.8 Å². The Morgan fingerprint density at radius 1 is 1.09 bits per heavy atom. The van der Waals surface area contributed by atoms with Gasteiger partial charge in [0.2, 0.25) is 11.8 Å². The Morgan fingerprint density at radius 2 is 1.88 bits per heavy atom. The summed E-state index contributed by atoms with van der Waals surface area (Å²) < 4.78 is 5.09. The van der Waals surface area contributed by atoms with Crippen molar-refractivity contribution in [2.45, 2.75) is 53.0 Å². The summed E-state index contributed by atoms with van der Waals surface area (Å²) in [6.07, 6.45) is 6.19. The van der Waals surface area contributed by atoms with Crippen molar-refractivity contribution in [2.24, 2.45) is 5.92 Å². The first-order chi connectivity index (χ1) is 16.5. The average molecular weight is 463 g/mol. The van der Waals surface area contributed by atoms with Crippen LogP contribution in [0.2, 0.25) is 0 Å². The van der Waals surface area contributed by atoms with Crippen LogP contribution in [0, 0.1) is 5.92 Å². The minimum atomic E-state index is -0.423. The Hall–Kier alpha value is -3.55. The van der Waals surface area contributed by atoms with E-state index in [2.05, 4.69) is 15.3 Å². The lowest BCUT2D eigenvalue weighted by molar-refractivity contribution is -0.118. The van der Waals surface area contributed by atoms with Crippen molar-refractivity contribution in [3.05, 3.63) is 54.0 Å². The van der Waals surface area contributed by atoms with Gasteiger partial charge in [0.25, 0.3) is 0 Å². The molecule has 1 N–H and O–H groups in total. The number of anilines is 2. The van der Waals surface area contributed by atoms with Crippen molar-refractivity contribution in [3.63, 3.8) is 0 Å². The molecule has 0 aliphatic heterocycles. The molecule has 1 unspecified atom stereocenters. The van der Waals surface area contributed by atoms with Gasteiger partial charge >= 0.3 is 0 Å². The van der Waals surface area contributed by atoms with Gasteiger partial charge in [-0.2, -0.15) is 0 Å². The maximum Gasteiger partial charge on any atom is 0.247 e. The van der Waals surface area contributed by atoms with Gasteiger partial charge in [-0.05, 0) is 43.4 Å². The van der Waals surface area contributed by atoms with Crippen LogP contribution < -0.4 is 15.0 Å². The maximum absolute atomic E-state index is 13.3. The van der Waals surface area contributed by atoms with Gasteiger partial charge in [-0.1, -0.05) is 33.8 Å². The van der Waals surface area contributed by atoms with E-state index in [1.165, 1.54) is 0 Å². The van der Waals surface area contributed by atoms with Crippen LogP contribution in [-0.2, 0) is 17.6 Å². The van der Waals surface area contributed by atoms with Crippen LogP contribution in [0.1, 0.15) is 45.4 Å². The second kappa shape index (κ2) is 11.5. The van der Waals surface area contributed by atoms with Crippen LogP contribution in [0.5, 0.6) is 5.88 Å². The molecule has 8 heteroatoms. The van der Waals surface area contributed by atoms with E-state index in [9.17, 15) is 4.79 Å². The fourth-order valence-corrected chi connectivity index (χ4v) is 4.16. The van der Waals surface area contributed by atoms with Crippen LogP contribution in [0.4, 0.5) is 11.5 Å². The summed E-state index contributed by atoms with van der Waals surface area (Å²) in [6.45, 7) is 8.07. The standard InChI is InChI=1S/C24H28N6O2.C2H6/c1-15(2)21(24(31)27-16-11-12-20(32-4)26-14-16)30(3)23-17-8-7-10-18(17)28-22(29-23)19-9-5-6-13-25-19;1-2/h5-6,9,11-15,21H,7-8,10H2,1-4H3,(H,27,31);1-2H3. The van der Waals surface area contributed by atoms with E-state index in [0.29, 0.717) is 17.4 Å². The summed E-state index contributed by atoms with van der Waals surface area (Å²) in [4.78, 5) is 33.5. The maximum atomic E-state index is 13.3. The fraction of sp³-hybridized carbons (Fsp3) is 0.423. The van der Waals surface area contributed by atoms with Gasteiger partial charge in [0.15, 0.2) is 5.82 Å². The number of amides is 1. The summed E-state index contributed by atoms with van der Waals surface area (Å²) in [6, 6.07) is 8.78. The topological polar surface area (TPSA) is 93.1 Å². The molecule has 0 aromatic carbocycles. The normalized spacial score (nSPS) is 12.9. The summed E-state index contributed by atoms with van der Waals surface area (Å²) in [5.41, 5.74) is 3.52. The number of methoxy groups -OCH3 is 1. The highest BCUT2D eigenvalue weighted by Crippen LogP contribution is 2.32. The number of hydrogen-bond acceptors (Lipinski definition) is 7. The summed E-state index contributed by atoms with van der Waals surface area (Å²) in [5, 5.41) is 2.98. The van der Waals surface area contributed by atoms with Gasteiger partial charge in [-0.3, -0.25) is 9.78 Å². The third kappa shape index (κ3) is 5.50. The number of fused-ring (bicyclic) bond motifs is 1. The van der Waals surface area contributed by atoms with Gasteiger partial charge in [0.05, 0.1) is 19.0 Å². The first-order valence-corrected chi connectivity index (χ1v) is 11.8. The minimum Gasteiger partial charge on any atom is -0.481 e. The molecule has 34 heavy (non-hydrogen) atoms. The predicted octanol–water partition coefficient (Wildman–Crippen LogP) is 4.56. The van der Waals surface area contributed by atoms with Crippen molar-refractivity contribution in [1.29, 1.82) is 0 Å². The Morgan fingerprint density at radius 3 is 2.50 bits per heavy atom. The molecule has 0 saturated heterocycles. The molecule has 3 aromatic rings. The van der Waals surface area contributed by atoms with Crippen molar-refractivity contribution < 1.29 is 9.53 Å². The Labute approximate surface area is 201 Å². The van der Waals surface area contributed by atoms with Crippen LogP contribution >= 0.6 is 0 Å². The molecule has 8 nitrogen and oxygen atoms in total. The van der Waals surface area contributed by atoms with Crippen LogP contribution in [0.15, 0.2) is 42.7 Å². The summed E-state index contributed by atoms with van der Waals surface area (Å²) in [7, 11) is 3.49. The second-order valence-electron chi connectivity index (χ2n) is 8.24. The van der Waals surface area contributed by atoms with E-state index in [4.69, 9.17) is 14.7 Å². The molecule has 3 aromatic heterocycles. The number of carbonyl (C=O) groups excluding carboxylic acids is 1. The van der Waals surface area contributed by atoms with Crippen LogP contribution in [0.3, 0.4) is 0 Å². The summed E-state index contributed by atoms with van der Waals surface area (Å²) >= 11 is 0. The van der Waals surface area contributed by atoms with Crippen LogP contribution in [0.25, 0.3) is 11.5 Å². The van der Waals surface area contributed by atoms with Crippen molar-refractivity contribution in [3.8, 4) is 17.4 Å². The molecule has 3 heterocycles. The smallest absolute Gasteiger partial charge is 0.247 e. The van der Waals surface area contributed by atoms with Gasteiger partial charge in [-0.15, -0.1) is 0 Å². The number of hydrogen-bond donors (Lipinski definition) is 1. The third-order valence-corrected chi connectivity index (χ3v) is 5.67. The zero-order chi connectivity index (χ0) is 24.7. The summed E-state index contributed by atoms with van der Waals surface area (Å²) in [5.74, 6) is 1.83. The molecule has 4 rings (SSSR count). The van der Waals surface area contributed by atoms with Gasteiger partial charge in [-0.25, -0.2) is 15.0 Å². The monoisotopic (exact) mass is 462 g/mol. The predicted molar refractivity (Wildman–Crippen MR) is 135 cm³/mol. The van der Waals surface area contributed by atoms with Gasteiger partial charge < -0.3 is 15.0 Å². The average Bonchev–Trinajstić information content (AvgIpc) is 3.34. The number of likely N-dealkylation sites (N-methyl/N-ethyl adjacent to an activating group) is 1. The highest BCUT2D eigenvalue weighted by atomic mass is 16.5. The molecule has 1 aliphatic rings. The molecular formula is C26H34N6O2. The number of pyridine rings is 2. The zero-order valence-electron chi connectivity index (χ0n) is 20.9.